The van der Waals surface area contributed by atoms with E-state index in [1.165, 1.54) is 28.6 Å². The minimum absolute atomic E-state index is 0.0685. The Kier molecular flexibility index (Phi) is 8.10. The van der Waals surface area contributed by atoms with Crippen molar-refractivity contribution in [3.63, 3.8) is 0 Å². The minimum Gasteiger partial charge on any atom is -0.332 e. The first-order valence-corrected chi connectivity index (χ1v) is 14.0. The first-order chi connectivity index (χ1) is 17.7. The van der Waals surface area contributed by atoms with Crippen LogP contribution >= 0.6 is 0 Å². The standard InChI is InChI=1S/C26H31N5O5S/c27-19-20-8-7-9-22(18-20)28-25(32)29-26(14-5-1-2-6-15-26)21-12-16-30(17-13-21)37(35,36)24-11-4-3-10-23(24)31(33)34/h3-4,7-11,18,21H,1-2,5-6,12-17H2,(H2,28,29,32). The highest BCUT2D eigenvalue weighted by atomic mass is 32.2. The summed E-state index contributed by atoms with van der Waals surface area (Å²) in [6, 6.07) is 13.9. The van der Waals surface area contributed by atoms with E-state index in [0.29, 0.717) is 24.1 Å². The fourth-order valence-electron chi connectivity index (χ4n) is 5.66. The van der Waals surface area contributed by atoms with Crippen LogP contribution in [0.4, 0.5) is 16.2 Å². The lowest BCUT2D eigenvalue weighted by Crippen LogP contribution is -2.57. The van der Waals surface area contributed by atoms with Gasteiger partial charge in [0.2, 0.25) is 10.0 Å². The maximum atomic E-state index is 13.3. The van der Waals surface area contributed by atoms with Gasteiger partial charge in [-0.3, -0.25) is 10.1 Å². The van der Waals surface area contributed by atoms with E-state index in [9.17, 15) is 23.3 Å². The molecular weight excluding hydrogens is 494 g/mol. The molecule has 11 heteroatoms. The molecule has 2 fully saturated rings. The van der Waals surface area contributed by atoms with Crippen molar-refractivity contribution >= 4 is 27.4 Å². The summed E-state index contributed by atoms with van der Waals surface area (Å²) in [5.41, 5.74) is 0.0886. The molecule has 1 aliphatic heterocycles. The largest absolute Gasteiger partial charge is 0.332 e. The summed E-state index contributed by atoms with van der Waals surface area (Å²) in [7, 11) is -4.02. The molecule has 1 saturated carbocycles. The Balaban J connectivity index is 1.50. The fraction of sp³-hybridized carbons (Fsp3) is 0.462. The molecule has 2 N–H and O–H groups in total. The molecule has 196 valence electrons. The Morgan fingerprint density at radius 2 is 1.73 bits per heavy atom. The monoisotopic (exact) mass is 525 g/mol. The highest BCUT2D eigenvalue weighted by Crippen LogP contribution is 2.40. The van der Waals surface area contributed by atoms with E-state index in [0.717, 1.165) is 38.5 Å². The number of anilines is 1. The molecule has 2 amide bonds. The van der Waals surface area contributed by atoms with Crippen LogP contribution in [0.25, 0.3) is 0 Å². The van der Waals surface area contributed by atoms with Gasteiger partial charge < -0.3 is 10.6 Å². The number of carbonyl (C=O) groups is 1. The summed E-state index contributed by atoms with van der Waals surface area (Å²) in [6.07, 6.45) is 6.81. The number of carbonyl (C=O) groups excluding carboxylic acids is 1. The maximum absolute atomic E-state index is 13.3. The van der Waals surface area contributed by atoms with Gasteiger partial charge in [-0.2, -0.15) is 9.57 Å². The molecule has 1 aliphatic carbocycles. The molecule has 10 nitrogen and oxygen atoms in total. The van der Waals surface area contributed by atoms with Crippen molar-refractivity contribution in [3.8, 4) is 6.07 Å². The van der Waals surface area contributed by atoms with Gasteiger partial charge in [0.1, 0.15) is 0 Å². The van der Waals surface area contributed by atoms with Crippen LogP contribution in [0.15, 0.2) is 53.4 Å². The smallest absolute Gasteiger partial charge is 0.319 e. The maximum Gasteiger partial charge on any atom is 0.319 e. The number of piperidine rings is 1. The molecule has 0 spiro atoms. The van der Waals surface area contributed by atoms with Gasteiger partial charge in [-0.05, 0) is 55.9 Å². The third kappa shape index (κ3) is 5.92. The SMILES string of the molecule is N#Cc1cccc(NC(=O)NC2(C3CCN(S(=O)(=O)c4ccccc4[N+](=O)[O-])CC3)CCCCCC2)c1. The third-order valence-corrected chi connectivity index (χ3v) is 9.47. The fourth-order valence-corrected chi connectivity index (χ4v) is 7.29. The van der Waals surface area contributed by atoms with Crippen molar-refractivity contribution < 1.29 is 18.1 Å². The second-order valence-electron chi connectivity index (χ2n) is 9.75. The molecule has 2 aromatic carbocycles. The van der Waals surface area contributed by atoms with Crippen molar-refractivity contribution in [2.75, 3.05) is 18.4 Å². The number of sulfonamides is 1. The summed E-state index contributed by atoms with van der Waals surface area (Å²) < 4.78 is 27.9. The predicted molar refractivity (Wildman–Crippen MR) is 138 cm³/mol. The van der Waals surface area contributed by atoms with E-state index in [2.05, 4.69) is 16.7 Å². The van der Waals surface area contributed by atoms with Crippen LogP contribution in [0.3, 0.4) is 0 Å². The zero-order valence-corrected chi connectivity index (χ0v) is 21.4. The van der Waals surface area contributed by atoms with Gasteiger partial charge in [0.25, 0.3) is 5.69 Å². The molecule has 1 saturated heterocycles. The number of nitrogens with zero attached hydrogens (tertiary/aromatic N) is 3. The van der Waals surface area contributed by atoms with Gasteiger partial charge in [0, 0.05) is 30.4 Å². The number of nitrogens with one attached hydrogen (secondary N) is 2. The van der Waals surface area contributed by atoms with Crippen molar-refractivity contribution in [2.45, 2.75) is 61.8 Å². The van der Waals surface area contributed by atoms with E-state index in [1.807, 2.05) is 0 Å². The number of hydrogen-bond acceptors (Lipinski definition) is 6. The zero-order valence-electron chi connectivity index (χ0n) is 20.6. The number of hydrogen-bond donors (Lipinski definition) is 2. The molecule has 37 heavy (non-hydrogen) atoms. The summed E-state index contributed by atoms with van der Waals surface area (Å²) >= 11 is 0. The number of nitro benzene ring substituents is 1. The molecule has 0 unspecified atom stereocenters. The lowest BCUT2D eigenvalue weighted by atomic mass is 9.73. The van der Waals surface area contributed by atoms with Crippen LogP contribution in [-0.2, 0) is 10.0 Å². The average Bonchev–Trinajstić information content (AvgIpc) is 3.15. The van der Waals surface area contributed by atoms with E-state index < -0.39 is 26.2 Å². The van der Waals surface area contributed by atoms with Crippen molar-refractivity contribution in [1.82, 2.24) is 9.62 Å². The van der Waals surface area contributed by atoms with Gasteiger partial charge >= 0.3 is 6.03 Å². The molecule has 1 heterocycles. The Morgan fingerprint density at radius 1 is 1.05 bits per heavy atom. The highest BCUT2D eigenvalue weighted by Gasteiger charge is 2.43. The van der Waals surface area contributed by atoms with E-state index in [1.54, 1.807) is 24.3 Å². The van der Waals surface area contributed by atoms with E-state index >= 15 is 0 Å². The van der Waals surface area contributed by atoms with Crippen LogP contribution in [0.2, 0.25) is 0 Å². The Labute approximate surface area is 216 Å². The predicted octanol–water partition coefficient (Wildman–Crippen LogP) is 4.78. The second kappa shape index (κ2) is 11.3. The Bertz CT molecular complexity index is 1290. The third-order valence-electron chi connectivity index (χ3n) is 7.52. The first kappa shape index (κ1) is 26.6. The van der Waals surface area contributed by atoms with Crippen molar-refractivity contribution in [3.05, 3.63) is 64.2 Å². The van der Waals surface area contributed by atoms with Gasteiger partial charge in [-0.15, -0.1) is 0 Å². The summed E-state index contributed by atoms with van der Waals surface area (Å²) in [5.74, 6) is 0.0685. The van der Waals surface area contributed by atoms with Crippen LogP contribution in [0.5, 0.6) is 0 Å². The number of nitro groups is 1. The van der Waals surface area contributed by atoms with Crippen LogP contribution < -0.4 is 10.6 Å². The van der Waals surface area contributed by atoms with Crippen LogP contribution in [0.1, 0.15) is 56.9 Å². The minimum atomic E-state index is -4.02. The van der Waals surface area contributed by atoms with Gasteiger partial charge in [0.05, 0.1) is 16.6 Å². The number of nitriles is 1. The van der Waals surface area contributed by atoms with Gasteiger partial charge in [-0.25, -0.2) is 13.2 Å². The van der Waals surface area contributed by atoms with E-state index in [4.69, 9.17) is 5.26 Å². The molecule has 0 atom stereocenters. The summed E-state index contributed by atoms with van der Waals surface area (Å²) in [4.78, 5) is 23.5. The van der Waals surface area contributed by atoms with E-state index in [-0.39, 0.29) is 29.9 Å². The Hall–Kier alpha value is -3.49. The molecule has 2 aliphatic rings. The highest BCUT2D eigenvalue weighted by molar-refractivity contribution is 7.89. The number of benzene rings is 2. The van der Waals surface area contributed by atoms with Gasteiger partial charge in [0.15, 0.2) is 4.90 Å². The van der Waals surface area contributed by atoms with Crippen LogP contribution in [-0.4, -0.2) is 42.3 Å². The molecule has 0 aromatic heterocycles. The second-order valence-corrected chi connectivity index (χ2v) is 11.7. The molecule has 4 rings (SSSR count). The summed E-state index contributed by atoms with van der Waals surface area (Å²) in [5, 5.41) is 26.6. The lowest BCUT2D eigenvalue weighted by molar-refractivity contribution is -0.387. The number of urea groups is 1. The normalized spacial score (nSPS) is 18.8. The van der Waals surface area contributed by atoms with Crippen molar-refractivity contribution in [1.29, 1.82) is 5.26 Å². The zero-order chi connectivity index (χ0) is 26.5. The molecular formula is C26H31N5O5S. The number of para-hydroxylation sites is 1. The first-order valence-electron chi connectivity index (χ1n) is 12.6. The summed E-state index contributed by atoms with van der Waals surface area (Å²) in [6.45, 7) is 0.461. The number of amides is 2. The van der Waals surface area contributed by atoms with Crippen LogP contribution in [0, 0.1) is 27.4 Å². The quantitative estimate of drug-likeness (QED) is 0.315. The topological polar surface area (TPSA) is 145 Å². The molecule has 0 radical (unpaired) electrons. The molecule has 0 bridgehead atoms. The lowest BCUT2D eigenvalue weighted by Gasteiger charge is -2.45. The van der Waals surface area contributed by atoms with Crippen molar-refractivity contribution in [2.24, 2.45) is 5.92 Å². The average molecular weight is 526 g/mol. The van der Waals surface area contributed by atoms with Gasteiger partial charge in [-0.1, -0.05) is 43.9 Å². The number of rotatable bonds is 6. The Morgan fingerprint density at radius 3 is 2.38 bits per heavy atom. The molecule has 2 aromatic rings.